The minimum absolute atomic E-state index is 0.0787. The van der Waals surface area contributed by atoms with E-state index >= 15 is 0 Å². The van der Waals surface area contributed by atoms with Gasteiger partial charge in [-0.15, -0.1) is 0 Å². The number of carbonyl (C=O) groups excluding carboxylic acids is 1. The van der Waals surface area contributed by atoms with Crippen molar-refractivity contribution in [3.05, 3.63) is 65.7 Å². The maximum absolute atomic E-state index is 12.3. The van der Waals surface area contributed by atoms with E-state index in [-0.39, 0.29) is 5.91 Å². The number of unbranched alkanes of at least 4 members (excludes halogenated alkanes) is 7. The number of rotatable bonds is 10. The van der Waals surface area contributed by atoms with Gasteiger partial charge in [-0.3, -0.25) is 4.79 Å². The Balaban J connectivity index is 1.77. The van der Waals surface area contributed by atoms with Crippen LogP contribution in [0, 0.1) is 11.8 Å². The zero-order valence-corrected chi connectivity index (χ0v) is 16.5. The zero-order valence-electron chi connectivity index (χ0n) is 16.5. The fourth-order valence-electron chi connectivity index (χ4n) is 2.99. The quantitative estimate of drug-likeness (QED) is 0.377. The molecule has 2 heteroatoms. The molecule has 0 aliphatic carbocycles. The van der Waals surface area contributed by atoms with Crippen molar-refractivity contribution in [2.75, 3.05) is 5.32 Å². The average molecular weight is 362 g/mol. The molecule has 2 rings (SSSR count). The van der Waals surface area contributed by atoms with Crippen LogP contribution in [0.3, 0.4) is 0 Å². The summed E-state index contributed by atoms with van der Waals surface area (Å²) in [7, 11) is 0. The van der Waals surface area contributed by atoms with Gasteiger partial charge < -0.3 is 5.32 Å². The number of hydrogen-bond acceptors (Lipinski definition) is 1. The van der Waals surface area contributed by atoms with Crippen LogP contribution in [-0.4, -0.2) is 5.91 Å². The van der Waals surface area contributed by atoms with Crippen molar-refractivity contribution in [2.45, 2.75) is 64.7 Å². The number of nitrogens with one attached hydrogen (secondary N) is 1. The minimum Gasteiger partial charge on any atom is -0.325 e. The van der Waals surface area contributed by atoms with Crippen molar-refractivity contribution < 1.29 is 4.79 Å². The van der Waals surface area contributed by atoms with Gasteiger partial charge in [0.2, 0.25) is 5.91 Å². The summed E-state index contributed by atoms with van der Waals surface area (Å²) in [4.78, 5) is 12.3. The van der Waals surface area contributed by atoms with Crippen LogP contribution in [0.4, 0.5) is 5.69 Å². The number of anilines is 1. The van der Waals surface area contributed by atoms with E-state index in [1.807, 2.05) is 54.6 Å². The number of benzene rings is 2. The summed E-state index contributed by atoms with van der Waals surface area (Å²) >= 11 is 0. The van der Waals surface area contributed by atoms with Crippen molar-refractivity contribution >= 4 is 11.6 Å². The number of carbonyl (C=O) groups is 1. The van der Waals surface area contributed by atoms with E-state index in [1.54, 1.807) is 0 Å². The van der Waals surface area contributed by atoms with Crippen LogP contribution >= 0.6 is 0 Å². The normalized spacial score (nSPS) is 10.1. The highest BCUT2D eigenvalue weighted by molar-refractivity contribution is 5.92. The second kappa shape index (κ2) is 12.8. The lowest BCUT2D eigenvalue weighted by Crippen LogP contribution is -2.12. The maximum atomic E-state index is 12.3. The molecule has 0 saturated carbocycles. The first-order chi connectivity index (χ1) is 13.3. The smallest absolute Gasteiger partial charge is 0.224 e. The zero-order chi connectivity index (χ0) is 19.2. The highest BCUT2D eigenvalue weighted by atomic mass is 16.1. The van der Waals surface area contributed by atoms with Gasteiger partial charge in [0.05, 0.1) is 5.69 Å². The molecule has 0 saturated heterocycles. The van der Waals surface area contributed by atoms with Crippen LogP contribution in [0.5, 0.6) is 0 Å². The molecule has 1 N–H and O–H groups in total. The van der Waals surface area contributed by atoms with Crippen molar-refractivity contribution in [1.82, 2.24) is 0 Å². The van der Waals surface area contributed by atoms with E-state index < -0.39 is 0 Å². The Morgan fingerprint density at radius 1 is 0.778 bits per heavy atom. The topological polar surface area (TPSA) is 29.1 Å². The van der Waals surface area contributed by atoms with E-state index in [0.717, 1.165) is 29.7 Å². The molecule has 2 aromatic carbocycles. The lowest BCUT2D eigenvalue weighted by atomic mass is 10.1. The molecule has 2 aromatic rings. The van der Waals surface area contributed by atoms with E-state index in [0.29, 0.717) is 6.42 Å². The third kappa shape index (κ3) is 8.60. The minimum atomic E-state index is 0.0787. The van der Waals surface area contributed by atoms with Crippen LogP contribution in [0.1, 0.15) is 75.8 Å². The summed E-state index contributed by atoms with van der Waals surface area (Å²) < 4.78 is 0. The molecule has 2 nitrogen and oxygen atoms in total. The molecule has 0 fully saturated rings. The number of amides is 1. The van der Waals surface area contributed by atoms with E-state index in [4.69, 9.17) is 0 Å². The Kier molecular flexibility index (Phi) is 9.82. The molecular formula is C25H31NO. The van der Waals surface area contributed by atoms with Gasteiger partial charge in [0.1, 0.15) is 0 Å². The summed E-state index contributed by atoms with van der Waals surface area (Å²) in [5.74, 6) is 6.40. The molecule has 0 radical (unpaired) electrons. The first-order valence-corrected chi connectivity index (χ1v) is 10.3. The highest BCUT2D eigenvalue weighted by Gasteiger charge is 2.05. The van der Waals surface area contributed by atoms with Gasteiger partial charge in [0.15, 0.2) is 0 Å². The molecule has 0 aliphatic rings. The van der Waals surface area contributed by atoms with Crippen molar-refractivity contribution in [1.29, 1.82) is 0 Å². The maximum Gasteiger partial charge on any atom is 0.224 e. The molecule has 27 heavy (non-hydrogen) atoms. The molecule has 0 spiro atoms. The highest BCUT2D eigenvalue weighted by Crippen LogP contribution is 2.15. The third-order valence-electron chi connectivity index (χ3n) is 4.57. The Bertz CT molecular complexity index is 740. The SMILES string of the molecule is CCCCCCCCCCC(=O)Nc1ccccc1C#Cc1ccccc1. The molecule has 1 amide bonds. The van der Waals surface area contributed by atoms with Crippen molar-refractivity contribution in [3.8, 4) is 11.8 Å². The van der Waals surface area contributed by atoms with Crippen LogP contribution in [-0.2, 0) is 4.79 Å². The first kappa shape index (κ1) is 20.8. The monoisotopic (exact) mass is 361 g/mol. The second-order valence-electron chi connectivity index (χ2n) is 6.93. The second-order valence-corrected chi connectivity index (χ2v) is 6.93. The molecule has 142 valence electrons. The number of para-hydroxylation sites is 1. The summed E-state index contributed by atoms with van der Waals surface area (Å²) in [6.45, 7) is 2.24. The number of hydrogen-bond donors (Lipinski definition) is 1. The standard InChI is InChI=1S/C25H31NO/c1-2-3-4-5-6-7-8-12-19-25(27)26-24-18-14-13-17-23(24)21-20-22-15-10-9-11-16-22/h9-11,13-18H,2-8,12,19H2,1H3,(H,26,27). The lowest BCUT2D eigenvalue weighted by molar-refractivity contribution is -0.116. The summed E-state index contributed by atoms with van der Waals surface area (Å²) in [5, 5.41) is 3.02. The predicted molar refractivity (Wildman–Crippen MR) is 115 cm³/mol. The average Bonchev–Trinajstić information content (AvgIpc) is 2.70. The molecular weight excluding hydrogens is 330 g/mol. The van der Waals surface area contributed by atoms with Crippen molar-refractivity contribution in [2.24, 2.45) is 0 Å². The molecule has 0 unspecified atom stereocenters. The lowest BCUT2D eigenvalue weighted by Gasteiger charge is -2.07. The van der Waals surface area contributed by atoms with Crippen molar-refractivity contribution in [3.63, 3.8) is 0 Å². The van der Waals surface area contributed by atoms with Gasteiger partial charge >= 0.3 is 0 Å². The van der Waals surface area contributed by atoms with E-state index in [9.17, 15) is 4.79 Å². The Morgan fingerprint density at radius 2 is 1.41 bits per heavy atom. The van der Waals surface area contributed by atoms with E-state index in [2.05, 4.69) is 24.1 Å². The Labute approximate surface area is 164 Å². The van der Waals surface area contributed by atoms with Crippen LogP contribution in [0.25, 0.3) is 0 Å². The van der Waals surface area contributed by atoms with Gasteiger partial charge in [-0.25, -0.2) is 0 Å². The third-order valence-corrected chi connectivity index (χ3v) is 4.57. The van der Waals surface area contributed by atoms with E-state index in [1.165, 1.54) is 38.5 Å². The first-order valence-electron chi connectivity index (χ1n) is 10.3. The van der Waals surface area contributed by atoms with Crippen LogP contribution in [0.15, 0.2) is 54.6 Å². The molecule has 0 heterocycles. The Morgan fingerprint density at radius 3 is 2.15 bits per heavy atom. The van der Waals surface area contributed by atoms with Crippen LogP contribution in [0.2, 0.25) is 0 Å². The summed E-state index contributed by atoms with van der Waals surface area (Å²) in [6.07, 6.45) is 10.5. The van der Waals surface area contributed by atoms with Gasteiger partial charge in [-0.1, -0.05) is 94.0 Å². The molecule has 0 atom stereocenters. The summed E-state index contributed by atoms with van der Waals surface area (Å²) in [6, 6.07) is 17.6. The van der Waals surface area contributed by atoms with Gasteiger partial charge in [-0.2, -0.15) is 0 Å². The molecule has 0 bridgehead atoms. The largest absolute Gasteiger partial charge is 0.325 e. The summed E-state index contributed by atoms with van der Waals surface area (Å²) in [5.41, 5.74) is 2.62. The fraction of sp³-hybridized carbons (Fsp3) is 0.400. The fourth-order valence-corrected chi connectivity index (χ4v) is 2.99. The van der Waals surface area contributed by atoms with Crippen LogP contribution < -0.4 is 5.32 Å². The molecule has 0 aliphatic heterocycles. The van der Waals surface area contributed by atoms with Gasteiger partial charge in [0, 0.05) is 17.5 Å². The van der Waals surface area contributed by atoms with Gasteiger partial charge in [-0.05, 0) is 30.7 Å². The van der Waals surface area contributed by atoms with Gasteiger partial charge in [0.25, 0.3) is 0 Å². The Hall–Kier alpha value is -2.53. The molecule has 0 aromatic heterocycles. The predicted octanol–water partition coefficient (Wildman–Crippen LogP) is 6.56.